The van der Waals surface area contributed by atoms with E-state index in [1.54, 1.807) is 11.8 Å². The van der Waals surface area contributed by atoms with Gasteiger partial charge >= 0.3 is 0 Å². The van der Waals surface area contributed by atoms with E-state index in [1.165, 1.54) is 19.0 Å². The summed E-state index contributed by atoms with van der Waals surface area (Å²) in [4.78, 5) is 8.17. The summed E-state index contributed by atoms with van der Waals surface area (Å²) in [6.07, 6.45) is 6.12. The minimum atomic E-state index is -0.306. The molecule has 3 nitrogen and oxygen atoms in total. The van der Waals surface area contributed by atoms with Crippen LogP contribution in [0.5, 0.6) is 0 Å². The van der Waals surface area contributed by atoms with Crippen molar-refractivity contribution in [2.24, 2.45) is 5.92 Å². The highest BCUT2D eigenvalue weighted by atomic mass is 32.2. The third kappa shape index (κ3) is 3.57. The van der Waals surface area contributed by atoms with Crippen LogP contribution in [0.1, 0.15) is 39.5 Å². The lowest BCUT2D eigenvalue weighted by molar-refractivity contribution is 0.393. The lowest BCUT2D eigenvalue weighted by atomic mass is 9.91. The van der Waals surface area contributed by atoms with Crippen LogP contribution in [0, 0.1) is 11.7 Å². The van der Waals surface area contributed by atoms with Crippen molar-refractivity contribution >= 4 is 17.7 Å². The number of hydrogen-bond donors (Lipinski definition) is 1. The number of nitrogens with zero attached hydrogens (tertiary/aromatic N) is 2. The van der Waals surface area contributed by atoms with Crippen LogP contribution in [0.2, 0.25) is 0 Å². The number of rotatable bonds is 4. The van der Waals surface area contributed by atoms with Gasteiger partial charge in [0.15, 0.2) is 5.82 Å². The molecule has 18 heavy (non-hydrogen) atoms. The Morgan fingerprint density at radius 3 is 3.06 bits per heavy atom. The van der Waals surface area contributed by atoms with E-state index in [4.69, 9.17) is 0 Å². The fourth-order valence-corrected chi connectivity index (χ4v) is 3.65. The third-order valence-electron chi connectivity index (χ3n) is 3.21. The molecule has 2 atom stereocenters. The van der Waals surface area contributed by atoms with Gasteiger partial charge in [0.25, 0.3) is 0 Å². The van der Waals surface area contributed by atoms with E-state index in [9.17, 15) is 4.39 Å². The van der Waals surface area contributed by atoms with Gasteiger partial charge < -0.3 is 5.32 Å². The highest BCUT2D eigenvalue weighted by Crippen LogP contribution is 2.36. The summed E-state index contributed by atoms with van der Waals surface area (Å²) in [7, 11) is 0. The molecular weight excluding hydrogens is 249 g/mol. The minimum Gasteiger partial charge on any atom is -0.354 e. The lowest BCUT2D eigenvalue weighted by Crippen LogP contribution is -2.15. The predicted octanol–water partition coefficient (Wildman–Crippen LogP) is 3.72. The molecular formula is C13H20FN3S. The maximum absolute atomic E-state index is 13.7. The van der Waals surface area contributed by atoms with Crippen molar-refractivity contribution in [1.82, 2.24) is 9.97 Å². The Morgan fingerprint density at radius 1 is 1.50 bits per heavy atom. The first-order valence-corrected chi connectivity index (χ1v) is 7.50. The molecule has 100 valence electrons. The van der Waals surface area contributed by atoms with Gasteiger partial charge in [-0.15, -0.1) is 0 Å². The average Bonchev–Trinajstić information content (AvgIpc) is 2.34. The van der Waals surface area contributed by atoms with Crippen LogP contribution in [0.4, 0.5) is 10.3 Å². The standard InChI is InChI=1S/C13H20FN3S/c1-3-15-13-16-8-11(14)12(17-13)18-10-6-4-5-9(2)7-10/h8-10H,3-7H2,1-2H3,(H,15,16,17). The molecule has 1 fully saturated rings. The van der Waals surface area contributed by atoms with E-state index in [2.05, 4.69) is 22.2 Å². The topological polar surface area (TPSA) is 37.8 Å². The van der Waals surface area contributed by atoms with Crippen molar-refractivity contribution in [2.45, 2.75) is 49.8 Å². The van der Waals surface area contributed by atoms with Crippen LogP contribution in [-0.2, 0) is 0 Å². The van der Waals surface area contributed by atoms with Crippen molar-refractivity contribution in [3.05, 3.63) is 12.0 Å². The molecule has 0 amide bonds. The monoisotopic (exact) mass is 269 g/mol. The van der Waals surface area contributed by atoms with Gasteiger partial charge in [0, 0.05) is 11.8 Å². The summed E-state index contributed by atoms with van der Waals surface area (Å²) >= 11 is 1.57. The highest BCUT2D eigenvalue weighted by molar-refractivity contribution is 7.99. The van der Waals surface area contributed by atoms with Crippen molar-refractivity contribution < 1.29 is 4.39 Å². The van der Waals surface area contributed by atoms with Crippen molar-refractivity contribution in [1.29, 1.82) is 0 Å². The van der Waals surface area contributed by atoms with Crippen molar-refractivity contribution in [2.75, 3.05) is 11.9 Å². The Morgan fingerprint density at radius 2 is 2.33 bits per heavy atom. The van der Waals surface area contributed by atoms with Gasteiger partial charge in [0.1, 0.15) is 5.03 Å². The first-order chi connectivity index (χ1) is 8.69. The van der Waals surface area contributed by atoms with Gasteiger partial charge in [-0.05, 0) is 25.7 Å². The molecule has 2 rings (SSSR count). The number of nitrogens with one attached hydrogen (secondary N) is 1. The molecule has 0 aliphatic heterocycles. The quantitative estimate of drug-likeness (QED) is 0.845. The predicted molar refractivity (Wildman–Crippen MR) is 73.4 cm³/mol. The molecule has 2 unspecified atom stereocenters. The molecule has 1 heterocycles. The van der Waals surface area contributed by atoms with E-state index in [1.807, 2.05) is 6.92 Å². The normalized spacial score (nSPS) is 23.9. The Labute approximate surface area is 112 Å². The molecule has 0 aromatic carbocycles. The molecule has 1 aliphatic rings. The molecule has 0 bridgehead atoms. The van der Waals surface area contributed by atoms with Crippen LogP contribution < -0.4 is 5.32 Å². The number of aromatic nitrogens is 2. The second-order valence-corrected chi connectivity index (χ2v) is 6.18. The van der Waals surface area contributed by atoms with E-state index < -0.39 is 0 Å². The smallest absolute Gasteiger partial charge is 0.223 e. The molecule has 1 N–H and O–H groups in total. The van der Waals surface area contributed by atoms with E-state index in [0.717, 1.165) is 25.3 Å². The van der Waals surface area contributed by atoms with E-state index in [0.29, 0.717) is 16.2 Å². The van der Waals surface area contributed by atoms with Crippen LogP contribution in [-0.4, -0.2) is 21.8 Å². The Kier molecular flexibility index (Phi) is 4.80. The third-order valence-corrected chi connectivity index (χ3v) is 4.48. The number of thioether (sulfide) groups is 1. The molecule has 1 saturated carbocycles. The van der Waals surface area contributed by atoms with Crippen molar-refractivity contribution in [3.8, 4) is 0 Å². The van der Waals surface area contributed by atoms with Gasteiger partial charge in [-0.3, -0.25) is 0 Å². The van der Waals surface area contributed by atoms with Gasteiger partial charge in [-0.2, -0.15) is 0 Å². The summed E-state index contributed by atoms with van der Waals surface area (Å²) in [5.74, 6) is 0.958. The van der Waals surface area contributed by atoms with Gasteiger partial charge in [-0.25, -0.2) is 14.4 Å². The summed E-state index contributed by atoms with van der Waals surface area (Å²) in [6.45, 7) is 4.99. The average molecular weight is 269 g/mol. The zero-order valence-electron chi connectivity index (χ0n) is 10.9. The zero-order chi connectivity index (χ0) is 13.0. The SMILES string of the molecule is CCNc1ncc(F)c(SC2CCCC(C)C2)n1. The summed E-state index contributed by atoms with van der Waals surface area (Å²) in [5.41, 5.74) is 0. The molecule has 5 heteroatoms. The highest BCUT2D eigenvalue weighted by Gasteiger charge is 2.21. The van der Waals surface area contributed by atoms with E-state index >= 15 is 0 Å². The molecule has 1 aromatic rings. The lowest BCUT2D eigenvalue weighted by Gasteiger charge is -2.25. The summed E-state index contributed by atoms with van der Waals surface area (Å²) in [5, 5.41) is 4.00. The van der Waals surface area contributed by atoms with Gasteiger partial charge in [-0.1, -0.05) is 31.5 Å². The summed E-state index contributed by atoms with van der Waals surface area (Å²) in [6, 6.07) is 0. The fourth-order valence-electron chi connectivity index (χ4n) is 2.32. The zero-order valence-corrected chi connectivity index (χ0v) is 11.8. The van der Waals surface area contributed by atoms with Gasteiger partial charge in [0.2, 0.25) is 5.95 Å². The molecule has 0 spiro atoms. The second-order valence-electron chi connectivity index (χ2n) is 4.89. The van der Waals surface area contributed by atoms with Crippen molar-refractivity contribution in [3.63, 3.8) is 0 Å². The van der Waals surface area contributed by atoms with E-state index in [-0.39, 0.29) is 5.82 Å². The largest absolute Gasteiger partial charge is 0.354 e. The maximum Gasteiger partial charge on any atom is 0.223 e. The van der Waals surface area contributed by atoms with Crippen LogP contribution in [0.15, 0.2) is 11.2 Å². The Bertz CT molecular complexity index is 400. The second kappa shape index (κ2) is 6.36. The molecule has 1 aromatic heterocycles. The first-order valence-electron chi connectivity index (χ1n) is 6.62. The molecule has 0 radical (unpaired) electrons. The maximum atomic E-state index is 13.7. The first kappa shape index (κ1) is 13.6. The van der Waals surface area contributed by atoms with Crippen LogP contribution >= 0.6 is 11.8 Å². The Balaban J connectivity index is 2.05. The van der Waals surface area contributed by atoms with Gasteiger partial charge in [0.05, 0.1) is 6.20 Å². The van der Waals surface area contributed by atoms with Crippen LogP contribution in [0.25, 0.3) is 0 Å². The molecule has 0 saturated heterocycles. The number of hydrogen-bond acceptors (Lipinski definition) is 4. The Hall–Kier alpha value is -0.840. The van der Waals surface area contributed by atoms with Crippen LogP contribution in [0.3, 0.4) is 0 Å². The fraction of sp³-hybridized carbons (Fsp3) is 0.692. The molecule has 1 aliphatic carbocycles. The summed E-state index contributed by atoms with van der Waals surface area (Å²) < 4.78 is 13.7. The number of anilines is 1. The minimum absolute atomic E-state index is 0.306. The number of halogens is 1.